The van der Waals surface area contributed by atoms with Crippen molar-refractivity contribution in [1.82, 2.24) is 14.9 Å². The van der Waals surface area contributed by atoms with Gasteiger partial charge in [-0.15, -0.1) is 0 Å². The SMILES string of the molecule is COC(CCO)C(O)C(NC(C)=O)C(OC)OP(=O)(O)OP(=O)(O)OC[C@@H](OC(C)n1ccc(=O)[nH]c1=O)[C@H](O)CO. The maximum absolute atomic E-state index is 12.6. The van der Waals surface area contributed by atoms with Crippen molar-refractivity contribution in [3.05, 3.63) is 33.1 Å². The maximum atomic E-state index is 12.6. The lowest BCUT2D eigenvalue weighted by molar-refractivity contribution is -0.147. The standard InChI is InChI=1S/C20H37N3O17P2/c1-11(26)21-17(18(29)14(35-3)6-8-24)19(36-4)39-42(33,34)40-41(31,32)37-10-15(13(27)9-25)38-12(2)23-7-5-16(28)22-20(23)30/h5,7,12-15,17-19,24-25,27,29H,6,8-10H2,1-4H3,(H,21,26)(H,31,32)(H,33,34)(H,22,28,30)/t12?,13-,14?,15-,17?,18?,19?/m1/s1. The van der Waals surface area contributed by atoms with Crippen molar-refractivity contribution in [2.24, 2.45) is 0 Å². The first kappa shape index (κ1) is 38.2. The lowest BCUT2D eigenvalue weighted by Gasteiger charge is -2.34. The Hall–Kier alpha value is -1.87. The number of H-pyrrole nitrogens is 1. The summed E-state index contributed by atoms with van der Waals surface area (Å²) in [6.45, 7) is -0.0976. The molecule has 1 amide bonds. The number of methoxy groups -OCH3 is 2. The number of rotatable bonds is 20. The summed E-state index contributed by atoms with van der Waals surface area (Å²) in [5.41, 5.74) is -1.60. The van der Waals surface area contributed by atoms with Crippen molar-refractivity contribution < 1.29 is 71.7 Å². The van der Waals surface area contributed by atoms with E-state index in [9.17, 15) is 53.7 Å². The number of phosphoric acid groups is 2. The Morgan fingerprint density at radius 3 is 2.24 bits per heavy atom. The summed E-state index contributed by atoms with van der Waals surface area (Å²) < 4.78 is 55.0. The third-order valence-electron chi connectivity index (χ3n) is 5.44. The zero-order valence-electron chi connectivity index (χ0n) is 23.0. The Bertz CT molecular complexity index is 1190. The van der Waals surface area contributed by atoms with Gasteiger partial charge >= 0.3 is 21.3 Å². The minimum atomic E-state index is -5.60. The number of ether oxygens (including phenoxy) is 3. The first-order chi connectivity index (χ1) is 19.5. The lowest BCUT2D eigenvalue weighted by atomic mass is 10.0. The van der Waals surface area contributed by atoms with Gasteiger partial charge in [0, 0.05) is 40.0 Å². The van der Waals surface area contributed by atoms with Crippen molar-refractivity contribution in [1.29, 1.82) is 0 Å². The molecule has 0 saturated heterocycles. The number of aliphatic hydroxyl groups is 4. The van der Waals surface area contributed by atoms with Gasteiger partial charge in [-0.1, -0.05) is 0 Å². The van der Waals surface area contributed by atoms with E-state index in [2.05, 4.69) is 14.2 Å². The molecule has 20 nitrogen and oxygen atoms in total. The van der Waals surface area contributed by atoms with Crippen LogP contribution in [0.5, 0.6) is 0 Å². The third-order valence-corrected chi connectivity index (χ3v) is 8.04. The van der Waals surface area contributed by atoms with Gasteiger partial charge in [0.15, 0.2) is 6.29 Å². The van der Waals surface area contributed by atoms with Gasteiger partial charge < -0.3 is 49.7 Å². The maximum Gasteiger partial charge on any atom is 0.483 e. The van der Waals surface area contributed by atoms with Gasteiger partial charge in [-0.25, -0.2) is 13.9 Å². The number of carbonyl (C=O) groups is 1. The van der Waals surface area contributed by atoms with Crippen LogP contribution >= 0.6 is 15.6 Å². The number of phosphoric ester groups is 2. The summed E-state index contributed by atoms with van der Waals surface area (Å²) in [7, 11) is -9.00. The molecule has 0 bridgehead atoms. The van der Waals surface area contributed by atoms with Crippen molar-refractivity contribution >= 4 is 21.6 Å². The highest BCUT2D eigenvalue weighted by molar-refractivity contribution is 7.61. The molecular weight excluding hydrogens is 616 g/mol. The molecule has 0 aliphatic heterocycles. The zero-order chi connectivity index (χ0) is 32.3. The average molecular weight is 653 g/mol. The second kappa shape index (κ2) is 17.4. The van der Waals surface area contributed by atoms with Crippen molar-refractivity contribution in [3.63, 3.8) is 0 Å². The molecule has 42 heavy (non-hydrogen) atoms. The topological polar surface area (TPSA) is 295 Å². The Labute approximate surface area is 239 Å². The van der Waals surface area contributed by atoms with Gasteiger partial charge in [0.2, 0.25) is 5.91 Å². The molecule has 22 heteroatoms. The molecule has 1 aromatic rings. The van der Waals surface area contributed by atoms with Crippen molar-refractivity contribution in [2.75, 3.05) is 34.0 Å². The molecule has 7 unspecified atom stereocenters. The highest BCUT2D eigenvalue weighted by Crippen LogP contribution is 2.61. The van der Waals surface area contributed by atoms with Crippen molar-refractivity contribution in [2.45, 2.75) is 63.2 Å². The number of amides is 1. The van der Waals surface area contributed by atoms with Crippen LogP contribution in [0.1, 0.15) is 26.5 Å². The number of hydrogen-bond donors (Lipinski definition) is 8. The zero-order valence-corrected chi connectivity index (χ0v) is 24.8. The predicted octanol–water partition coefficient (Wildman–Crippen LogP) is -2.72. The van der Waals surface area contributed by atoms with E-state index in [1.54, 1.807) is 0 Å². The summed E-state index contributed by atoms with van der Waals surface area (Å²) in [6, 6.07) is -0.628. The molecule has 0 aliphatic carbocycles. The van der Waals surface area contributed by atoms with Gasteiger partial charge in [0.05, 0.1) is 19.3 Å². The van der Waals surface area contributed by atoms with Crippen LogP contribution in [0.15, 0.2) is 21.9 Å². The molecule has 0 aromatic carbocycles. The number of carbonyl (C=O) groups excluding carboxylic acids is 1. The molecule has 0 radical (unpaired) electrons. The highest BCUT2D eigenvalue weighted by atomic mass is 31.3. The van der Waals surface area contributed by atoms with Crippen LogP contribution in [-0.2, 0) is 41.5 Å². The largest absolute Gasteiger partial charge is 0.483 e. The minimum absolute atomic E-state index is 0.129. The van der Waals surface area contributed by atoms with Crippen LogP contribution in [0, 0.1) is 0 Å². The van der Waals surface area contributed by atoms with E-state index in [0.29, 0.717) is 0 Å². The van der Waals surface area contributed by atoms with Crippen LogP contribution in [0.25, 0.3) is 0 Å². The molecule has 0 aliphatic rings. The number of aromatic nitrogens is 2. The Morgan fingerprint density at radius 2 is 1.74 bits per heavy atom. The van der Waals surface area contributed by atoms with E-state index < -0.39 is 95.6 Å². The number of hydrogen-bond acceptors (Lipinski definition) is 15. The number of aliphatic hydroxyl groups excluding tert-OH is 4. The van der Waals surface area contributed by atoms with Crippen LogP contribution < -0.4 is 16.6 Å². The van der Waals surface area contributed by atoms with Crippen LogP contribution in [0.4, 0.5) is 0 Å². The summed E-state index contributed by atoms with van der Waals surface area (Å²) in [5, 5.41) is 41.4. The monoisotopic (exact) mass is 653 g/mol. The lowest BCUT2D eigenvalue weighted by Crippen LogP contribution is -2.56. The first-order valence-corrected chi connectivity index (χ1v) is 15.1. The second-order valence-electron chi connectivity index (χ2n) is 8.57. The van der Waals surface area contributed by atoms with Gasteiger partial charge in [-0.3, -0.25) is 28.2 Å². The molecule has 0 spiro atoms. The van der Waals surface area contributed by atoms with E-state index in [1.807, 2.05) is 4.98 Å². The number of nitrogens with one attached hydrogen (secondary N) is 2. The molecule has 0 saturated carbocycles. The van der Waals surface area contributed by atoms with Crippen LogP contribution in [0.2, 0.25) is 0 Å². The van der Waals surface area contributed by atoms with Gasteiger partial charge in [0.25, 0.3) is 5.56 Å². The number of aromatic amines is 1. The molecular formula is C20H37N3O17P2. The quantitative estimate of drug-likeness (QED) is 0.0524. The van der Waals surface area contributed by atoms with Crippen LogP contribution in [-0.4, -0.2) is 116 Å². The number of nitrogens with zero attached hydrogens (tertiary/aromatic N) is 1. The smallest absolute Gasteiger partial charge is 0.396 e. The van der Waals surface area contributed by atoms with Crippen LogP contribution in [0.3, 0.4) is 0 Å². The van der Waals surface area contributed by atoms with Gasteiger partial charge in [-0.2, -0.15) is 4.31 Å². The summed E-state index contributed by atoms with van der Waals surface area (Å²) in [4.78, 5) is 57.1. The fourth-order valence-electron chi connectivity index (χ4n) is 3.45. The molecule has 244 valence electrons. The predicted molar refractivity (Wildman–Crippen MR) is 139 cm³/mol. The Kier molecular flexibility index (Phi) is 15.8. The van der Waals surface area contributed by atoms with E-state index in [4.69, 9.17) is 18.7 Å². The van der Waals surface area contributed by atoms with Gasteiger partial charge in [0.1, 0.15) is 30.6 Å². The average Bonchev–Trinajstić information content (AvgIpc) is 2.89. The molecule has 9 atom stereocenters. The summed E-state index contributed by atoms with van der Waals surface area (Å²) in [6.07, 6.45) is -8.48. The van der Waals surface area contributed by atoms with Crippen molar-refractivity contribution in [3.8, 4) is 0 Å². The molecule has 0 fully saturated rings. The van der Waals surface area contributed by atoms with E-state index >= 15 is 0 Å². The normalized spacial score (nSPS) is 19.9. The molecule has 8 N–H and O–H groups in total. The summed E-state index contributed by atoms with van der Waals surface area (Å²) >= 11 is 0. The van der Waals surface area contributed by atoms with Gasteiger partial charge in [-0.05, 0) is 13.3 Å². The Morgan fingerprint density at radius 1 is 1.10 bits per heavy atom. The molecule has 1 aromatic heterocycles. The third kappa shape index (κ3) is 12.4. The second-order valence-corrected chi connectivity index (χ2v) is 11.6. The van der Waals surface area contributed by atoms with E-state index in [1.165, 1.54) is 14.0 Å². The molecule has 1 rings (SSSR count). The van der Waals surface area contributed by atoms with E-state index in [-0.39, 0.29) is 6.42 Å². The fourth-order valence-corrected chi connectivity index (χ4v) is 5.65. The molecule has 1 heterocycles. The summed E-state index contributed by atoms with van der Waals surface area (Å²) in [5.74, 6) is -0.750. The Balaban J connectivity index is 3.04. The first-order valence-electron chi connectivity index (χ1n) is 12.1. The fraction of sp³-hybridized carbons (Fsp3) is 0.750. The minimum Gasteiger partial charge on any atom is -0.396 e. The van der Waals surface area contributed by atoms with E-state index in [0.717, 1.165) is 30.9 Å². The highest BCUT2D eigenvalue weighted by Gasteiger charge is 2.43.